The minimum absolute atomic E-state index is 0.155. The minimum atomic E-state index is -0.557. The van der Waals surface area contributed by atoms with E-state index in [1.54, 1.807) is 0 Å². The van der Waals surface area contributed by atoms with Crippen LogP contribution in [0.4, 0.5) is 16.2 Å². The van der Waals surface area contributed by atoms with Crippen molar-refractivity contribution in [3.8, 4) is 0 Å². The first-order valence-electron chi connectivity index (χ1n) is 6.65. The van der Waals surface area contributed by atoms with Gasteiger partial charge in [0, 0.05) is 21.9 Å². The third kappa shape index (κ3) is 4.23. The Morgan fingerprint density at radius 3 is 2.33 bits per heavy atom. The molecule has 0 aliphatic heterocycles. The van der Waals surface area contributed by atoms with Gasteiger partial charge in [0.2, 0.25) is 0 Å². The van der Waals surface area contributed by atoms with E-state index in [9.17, 15) is 4.79 Å². The van der Waals surface area contributed by atoms with Gasteiger partial charge in [-0.25, -0.2) is 4.79 Å². The molecule has 4 N–H and O–H groups in total. The molecule has 0 radical (unpaired) electrons. The number of nitrogens with one attached hydrogen (secondary N) is 2. The van der Waals surface area contributed by atoms with Crippen LogP contribution in [-0.2, 0) is 0 Å². The monoisotopic (exact) mass is 347 g/mol. The average molecular weight is 348 g/mol. The Balaban J connectivity index is 2.07. The smallest absolute Gasteiger partial charge is 0.316 e. The average Bonchev–Trinajstić information content (AvgIpc) is 2.43. The number of benzene rings is 2. The number of anilines is 2. The van der Waals surface area contributed by atoms with Crippen molar-refractivity contribution in [1.29, 1.82) is 0 Å². The van der Waals surface area contributed by atoms with Crippen LogP contribution in [0.2, 0.25) is 0 Å². The molecule has 0 aliphatic rings. The quantitative estimate of drug-likeness (QED) is 0.766. The lowest BCUT2D eigenvalue weighted by Gasteiger charge is -2.17. The van der Waals surface area contributed by atoms with Crippen LogP contribution in [0, 0.1) is 6.92 Å². The molecule has 2 aromatic rings. The predicted octanol–water partition coefficient (Wildman–Crippen LogP) is 4.42. The summed E-state index contributed by atoms with van der Waals surface area (Å²) in [5.74, 6) is 0. The molecule has 1 atom stereocenters. The van der Waals surface area contributed by atoms with Crippen LogP contribution in [0.5, 0.6) is 0 Å². The fraction of sp³-hybridized carbons (Fsp3) is 0.188. The number of primary amides is 1. The Hall–Kier alpha value is -2.01. The Labute approximate surface area is 132 Å². The van der Waals surface area contributed by atoms with Gasteiger partial charge in [0.15, 0.2) is 0 Å². The van der Waals surface area contributed by atoms with Crippen molar-refractivity contribution in [1.82, 2.24) is 0 Å². The molecule has 0 fully saturated rings. The molecule has 5 heteroatoms. The number of urea groups is 1. The van der Waals surface area contributed by atoms with Crippen LogP contribution in [0.1, 0.15) is 24.1 Å². The van der Waals surface area contributed by atoms with Gasteiger partial charge in [0.1, 0.15) is 0 Å². The van der Waals surface area contributed by atoms with Crippen molar-refractivity contribution in [2.45, 2.75) is 19.9 Å². The molecule has 0 spiro atoms. The van der Waals surface area contributed by atoms with E-state index in [0.717, 1.165) is 15.7 Å². The highest BCUT2D eigenvalue weighted by Gasteiger charge is 2.06. The van der Waals surface area contributed by atoms with Gasteiger partial charge < -0.3 is 16.4 Å². The third-order valence-corrected chi connectivity index (χ3v) is 4.09. The van der Waals surface area contributed by atoms with E-state index in [0.29, 0.717) is 5.69 Å². The summed E-state index contributed by atoms with van der Waals surface area (Å²) in [6, 6.07) is 13.4. The second-order valence-electron chi connectivity index (χ2n) is 4.94. The molecule has 0 heterocycles. The van der Waals surface area contributed by atoms with E-state index in [1.807, 2.05) is 24.3 Å². The standard InChI is InChI=1S/C16H18BrN3O/c1-10-3-6-14(9-15(10)17)19-11(2)12-4-7-13(8-5-12)20-16(18)21/h3-9,11,19H,1-2H3,(H3,18,20,21). The molecule has 0 saturated carbocycles. The molecule has 0 aliphatic carbocycles. The van der Waals surface area contributed by atoms with Crippen LogP contribution in [0.25, 0.3) is 0 Å². The van der Waals surface area contributed by atoms with Gasteiger partial charge in [-0.15, -0.1) is 0 Å². The fourth-order valence-corrected chi connectivity index (χ4v) is 2.39. The lowest BCUT2D eigenvalue weighted by atomic mass is 10.1. The van der Waals surface area contributed by atoms with E-state index < -0.39 is 6.03 Å². The second kappa shape index (κ2) is 6.63. The Bertz CT molecular complexity index is 640. The van der Waals surface area contributed by atoms with E-state index in [-0.39, 0.29) is 6.04 Å². The number of aryl methyl sites for hydroxylation is 1. The summed E-state index contributed by atoms with van der Waals surface area (Å²) in [7, 11) is 0. The summed E-state index contributed by atoms with van der Waals surface area (Å²) < 4.78 is 1.08. The number of carbonyl (C=O) groups is 1. The summed E-state index contributed by atoms with van der Waals surface area (Å²) in [4.78, 5) is 10.8. The van der Waals surface area contributed by atoms with E-state index in [2.05, 4.69) is 58.6 Å². The van der Waals surface area contributed by atoms with Crippen molar-refractivity contribution in [3.05, 3.63) is 58.1 Å². The molecule has 2 rings (SSSR count). The Kier molecular flexibility index (Phi) is 4.85. The van der Waals surface area contributed by atoms with E-state index in [1.165, 1.54) is 5.56 Å². The van der Waals surface area contributed by atoms with Crippen molar-refractivity contribution >= 4 is 33.3 Å². The SMILES string of the molecule is Cc1ccc(NC(C)c2ccc(NC(N)=O)cc2)cc1Br. The zero-order valence-electron chi connectivity index (χ0n) is 12.0. The summed E-state index contributed by atoms with van der Waals surface area (Å²) in [6.07, 6.45) is 0. The molecule has 0 aromatic heterocycles. The topological polar surface area (TPSA) is 67.2 Å². The van der Waals surface area contributed by atoms with Crippen LogP contribution in [0.15, 0.2) is 46.9 Å². The lowest BCUT2D eigenvalue weighted by Crippen LogP contribution is -2.19. The summed E-state index contributed by atoms with van der Waals surface area (Å²) in [5.41, 5.74) is 9.16. The molecule has 1 unspecified atom stereocenters. The number of hydrogen-bond acceptors (Lipinski definition) is 2. The number of nitrogens with two attached hydrogens (primary N) is 1. The number of carbonyl (C=O) groups excluding carboxylic acids is 1. The minimum Gasteiger partial charge on any atom is -0.378 e. The predicted molar refractivity (Wildman–Crippen MR) is 90.6 cm³/mol. The van der Waals surface area contributed by atoms with Crippen LogP contribution in [-0.4, -0.2) is 6.03 Å². The van der Waals surface area contributed by atoms with Gasteiger partial charge in [-0.2, -0.15) is 0 Å². The number of amides is 2. The van der Waals surface area contributed by atoms with Crippen molar-refractivity contribution in [2.75, 3.05) is 10.6 Å². The van der Waals surface area contributed by atoms with Gasteiger partial charge in [-0.3, -0.25) is 0 Å². The maximum absolute atomic E-state index is 10.8. The summed E-state index contributed by atoms with van der Waals surface area (Å²) >= 11 is 3.53. The number of hydrogen-bond donors (Lipinski definition) is 3. The zero-order chi connectivity index (χ0) is 15.4. The van der Waals surface area contributed by atoms with Crippen molar-refractivity contribution in [3.63, 3.8) is 0 Å². The number of halogens is 1. The van der Waals surface area contributed by atoms with Crippen LogP contribution < -0.4 is 16.4 Å². The maximum atomic E-state index is 10.8. The Morgan fingerprint density at radius 1 is 1.14 bits per heavy atom. The molecular formula is C16H18BrN3O. The van der Waals surface area contributed by atoms with Gasteiger partial charge >= 0.3 is 6.03 Å². The molecular weight excluding hydrogens is 330 g/mol. The van der Waals surface area contributed by atoms with Gasteiger partial charge in [0.25, 0.3) is 0 Å². The molecule has 2 amide bonds. The van der Waals surface area contributed by atoms with Gasteiger partial charge in [-0.05, 0) is 49.2 Å². The molecule has 110 valence electrons. The summed E-state index contributed by atoms with van der Waals surface area (Å²) in [5, 5.41) is 5.99. The highest BCUT2D eigenvalue weighted by atomic mass is 79.9. The normalized spacial score (nSPS) is 11.8. The van der Waals surface area contributed by atoms with Crippen molar-refractivity contribution in [2.24, 2.45) is 5.73 Å². The van der Waals surface area contributed by atoms with Gasteiger partial charge in [0.05, 0.1) is 0 Å². The Morgan fingerprint density at radius 2 is 1.76 bits per heavy atom. The van der Waals surface area contributed by atoms with Crippen LogP contribution in [0.3, 0.4) is 0 Å². The molecule has 2 aromatic carbocycles. The maximum Gasteiger partial charge on any atom is 0.316 e. The van der Waals surface area contributed by atoms with Gasteiger partial charge in [-0.1, -0.05) is 34.1 Å². The second-order valence-corrected chi connectivity index (χ2v) is 5.80. The van der Waals surface area contributed by atoms with Crippen molar-refractivity contribution < 1.29 is 4.79 Å². The molecule has 0 saturated heterocycles. The highest BCUT2D eigenvalue weighted by Crippen LogP contribution is 2.25. The molecule has 4 nitrogen and oxygen atoms in total. The number of rotatable bonds is 4. The first kappa shape index (κ1) is 15.4. The zero-order valence-corrected chi connectivity index (χ0v) is 13.6. The molecule has 21 heavy (non-hydrogen) atoms. The van der Waals surface area contributed by atoms with Crippen LogP contribution >= 0.6 is 15.9 Å². The summed E-state index contributed by atoms with van der Waals surface area (Å²) in [6.45, 7) is 4.14. The third-order valence-electron chi connectivity index (χ3n) is 3.23. The first-order valence-corrected chi connectivity index (χ1v) is 7.44. The molecule has 0 bridgehead atoms. The highest BCUT2D eigenvalue weighted by molar-refractivity contribution is 9.10. The largest absolute Gasteiger partial charge is 0.378 e. The van der Waals surface area contributed by atoms with E-state index in [4.69, 9.17) is 5.73 Å². The fourth-order valence-electron chi connectivity index (χ4n) is 2.01. The first-order chi connectivity index (χ1) is 9.95. The lowest BCUT2D eigenvalue weighted by molar-refractivity contribution is 0.259. The van der Waals surface area contributed by atoms with E-state index >= 15 is 0 Å².